The highest BCUT2D eigenvalue weighted by Crippen LogP contribution is 2.45. The maximum Gasteiger partial charge on any atom is 0.324 e. The van der Waals surface area contributed by atoms with Gasteiger partial charge < -0.3 is 15.2 Å². The van der Waals surface area contributed by atoms with E-state index in [1.807, 2.05) is 27.1 Å². The van der Waals surface area contributed by atoms with Crippen LogP contribution in [0.5, 0.6) is 0 Å². The Balaban J connectivity index is 1.53. The van der Waals surface area contributed by atoms with Gasteiger partial charge >= 0.3 is 6.03 Å². The second-order valence-electron chi connectivity index (χ2n) is 9.61. The number of carbonyl (C=O) groups is 2. The van der Waals surface area contributed by atoms with Crippen LogP contribution in [0.3, 0.4) is 0 Å². The summed E-state index contributed by atoms with van der Waals surface area (Å²) in [4.78, 5) is 35.7. The minimum absolute atomic E-state index is 0.0674. The molecule has 3 atom stereocenters. The van der Waals surface area contributed by atoms with Gasteiger partial charge in [-0.2, -0.15) is 0 Å². The Hall–Kier alpha value is -2.64. The Morgan fingerprint density at radius 1 is 1.33 bits per heavy atom. The zero-order chi connectivity index (χ0) is 23.5. The van der Waals surface area contributed by atoms with Crippen molar-refractivity contribution in [3.8, 4) is 0 Å². The number of imide groups is 1. The topological polar surface area (TPSA) is 71.7 Å². The number of nitrogens with zero attached hydrogens (tertiary/aromatic N) is 3. The summed E-state index contributed by atoms with van der Waals surface area (Å²) in [6, 6.07) is 6.50. The molecule has 2 aliphatic rings. The number of fused-ring (bicyclic) bond motifs is 2. The van der Waals surface area contributed by atoms with Gasteiger partial charge in [-0.3, -0.25) is 14.6 Å². The SMILES string of the molecule is C=CCN1C[C@H](C(=O)N(CC)C(=O)NCCCN(C)C)CC2c3cccc4[nH]cc(c34)C[C@H]21. The first-order chi connectivity index (χ1) is 15.9. The minimum Gasteiger partial charge on any atom is -0.361 e. The number of H-pyrrole nitrogens is 1. The summed E-state index contributed by atoms with van der Waals surface area (Å²) in [7, 11) is 4.02. The van der Waals surface area contributed by atoms with Gasteiger partial charge in [-0.15, -0.1) is 6.58 Å². The molecule has 4 rings (SSSR count). The van der Waals surface area contributed by atoms with E-state index in [0.29, 0.717) is 25.7 Å². The average molecular weight is 452 g/mol. The predicted molar refractivity (Wildman–Crippen MR) is 132 cm³/mol. The zero-order valence-corrected chi connectivity index (χ0v) is 20.1. The second kappa shape index (κ2) is 10.1. The molecule has 178 valence electrons. The van der Waals surface area contributed by atoms with Gasteiger partial charge in [-0.25, -0.2) is 4.79 Å². The molecule has 2 N–H and O–H groups in total. The number of amides is 3. The molecule has 1 unspecified atom stereocenters. The number of hydrogen-bond donors (Lipinski definition) is 2. The van der Waals surface area contributed by atoms with E-state index in [4.69, 9.17) is 0 Å². The first-order valence-electron chi connectivity index (χ1n) is 12.1. The first-order valence-corrected chi connectivity index (χ1v) is 12.1. The highest BCUT2D eigenvalue weighted by atomic mass is 16.2. The van der Waals surface area contributed by atoms with E-state index in [2.05, 4.69) is 51.1 Å². The maximum atomic E-state index is 13.6. The number of carbonyl (C=O) groups excluding carboxylic acids is 2. The Kier molecular flexibility index (Phi) is 7.20. The average Bonchev–Trinajstić information content (AvgIpc) is 3.22. The molecular formula is C26H37N5O2. The molecule has 0 saturated carbocycles. The fraction of sp³-hybridized carbons (Fsp3) is 0.538. The lowest BCUT2D eigenvalue weighted by atomic mass is 9.72. The molecule has 1 aliphatic carbocycles. The van der Waals surface area contributed by atoms with Crippen molar-refractivity contribution in [3.05, 3.63) is 48.2 Å². The van der Waals surface area contributed by atoms with Crippen molar-refractivity contribution in [3.63, 3.8) is 0 Å². The quantitative estimate of drug-likeness (QED) is 0.478. The molecule has 1 aromatic carbocycles. The molecule has 1 aromatic heterocycles. The smallest absolute Gasteiger partial charge is 0.324 e. The van der Waals surface area contributed by atoms with Gasteiger partial charge in [-0.1, -0.05) is 18.2 Å². The van der Waals surface area contributed by atoms with Crippen molar-refractivity contribution in [1.82, 2.24) is 25.0 Å². The van der Waals surface area contributed by atoms with Gasteiger partial charge in [-0.05, 0) is 64.0 Å². The van der Waals surface area contributed by atoms with Crippen LogP contribution in [-0.2, 0) is 11.2 Å². The molecule has 0 spiro atoms. The summed E-state index contributed by atoms with van der Waals surface area (Å²) >= 11 is 0. The second-order valence-corrected chi connectivity index (χ2v) is 9.61. The van der Waals surface area contributed by atoms with Gasteiger partial charge in [0.1, 0.15) is 0 Å². The van der Waals surface area contributed by atoms with Crippen LogP contribution in [0.2, 0.25) is 0 Å². The molecule has 1 aliphatic heterocycles. The fourth-order valence-corrected chi connectivity index (χ4v) is 5.66. The van der Waals surface area contributed by atoms with Crippen LogP contribution < -0.4 is 5.32 Å². The summed E-state index contributed by atoms with van der Waals surface area (Å²) in [6.45, 7) is 9.07. The van der Waals surface area contributed by atoms with Crippen LogP contribution in [0.25, 0.3) is 10.9 Å². The summed E-state index contributed by atoms with van der Waals surface area (Å²) in [5.41, 5.74) is 3.84. The zero-order valence-electron chi connectivity index (χ0n) is 20.1. The number of benzene rings is 1. The van der Waals surface area contributed by atoms with E-state index in [9.17, 15) is 9.59 Å². The number of rotatable bonds is 8. The van der Waals surface area contributed by atoms with E-state index >= 15 is 0 Å². The van der Waals surface area contributed by atoms with Crippen molar-refractivity contribution in [2.75, 3.05) is 46.8 Å². The number of urea groups is 1. The molecule has 3 amide bonds. The van der Waals surface area contributed by atoms with Crippen LogP contribution in [0.1, 0.15) is 36.8 Å². The lowest BCUT2D eigenvalue weighted by molar-refractivity contribution is -0.135. The van der Waals surface area contributed by atoms with Gasteiger partial charge in [0.2, 0.25) is 5.91 Å². The molecule has 33 heavy (non-hydrogen) atoms. The predicted octanol–water partition coefficient (Wildman–Crippen LogP) is 3.19. The fourth-order valence-electron chi connectivity index (χ4n) is 5.66. The molecule has 1 saturated heterocycles. The van der Waals surface area contributed by atoms with E-state index in [1.165, 1.54) is 21.4 Å². The molecule has 7 nitrogen and oxygen atoms in total. The van der Waals surface area contributed by atoms with Gasteiger partial charge in [0.25, 0.3) is 0 Å². The molecule has 0 radical (unpaired) electrons. The molecule has 0 bridgehead atoms. The van der Waals surface area contributed by atoms with Crippen molar-refractivity contribution < 1.29 is 9.59 Å². The standard InChI is InChI=1S/C26H37N5O2/c1-5-12-30-17-19(25(32)31(6-2)26(33)27-11-8-13-29(3)4)14-21-20-9-7-10-22-24(20)18(16-28-22)15-23(21)30/h5,7,9-10,16,19,21,23,28H,1,6,8,11-15,17H2,2-4H3,(H,27,33)/t19-,21?,23-/m1/s1. The Labute approximate surface area is 196 Å². The third kappa shape index (κ3) is 4.70. The van der Waals surface area contributed by atoms with Crippen LogP contribution in [0.15, 0.2) is 37.1 Å². The van der Waals surface area contributed by atoms with Crippen LogP contribution in [-0.4, -0.2) is 84.5 Å². The number of aromatic amines is 1. The normalized spacial score (nSPS) is 22.2. The molecule has 2 heterocycles. The van der Waals surface area contributed by atoms with E-state index < -0.39 is 0 Å². The lowest BCUT2D eigenvalue weighted by Crippen LogP contribution is -2.55. The monoisotopic (exact) mass is 451 g/mol. The molecule has 1 fully saturated rings. The lowest BCUT2D eigenvalue weighted by Gasteiger charge is -2.47. The van der Waals surface area contributed by atoms with Crippen molar-refractivity contribution in [2.24, 2.45) is 5.92 Å². The minimum atomic E-state index is -0.280. The third-order valence-corrected chi connectivity index (χ3v) is 7.17. The highest BCUT2D eigenvalue weighted by Gasteiger charge is 2.43. The summed E-state index contributed by atoms with van der Waals surface area (Å²) in [5, 5.41) is 4.25. The Morgan fingerprint density at radius 2 is 2.15 bits per heavy atom. The third-order valence-electron chi connectivity index (χ3n) is 7.17. The summed E-state index contributed by atoms with van der Waals surface area (Å²) < 4.78 is 0. The van der Waals surface area contributed by atoms with Crippen molar-refractivity contribution in [1.29, 1.82) is 0 Å². The summed E-state index contributed by atoms with van der Waals surface area (Å²) in [6.07, 6.45) is 6.65. The van der Waals surface area contributed by atoms with Crippen LogP contribution in [0.4, 0.5) is 4.79 Å². The van der Waals surface area contributed by atoms with Crippen LogP contribution in [0, 0.1) is 5.92 Å². The molecular weight excluding hydrogens is 414 g/mol. The van der Waals surface area contributed by atoms with Crippen molar-refractivity contribution >= 4 is 22.8 Å². The number of nitrogens with one attached hydrogen (secondary N) is 2. The number of piperidine rings is 1. The Morgan fingerprint density at radius 3 is 2.88 bits per heavy atom. The first kappa shape index (κ1) is 23.5. The highest BCUT2D eigenvalue weighted by molar-refractivity contribution is 5.96. The number of aromatic nitrogens is 1. The van der Waals surface area contributed by atoms with Crippen LogP contribution >= 0.6 is 0 Å². The largest absolute Gasteiger partial charge is 0.361 e. The van der Waals surface area contributed by atoms with Gasteiger partial charge in [0.05, 0.1) is 5.92 Å². The van der Waals surface area contributed by atoms with E-state index in [0.717, 1.165) is 37.9 Å². The van der Waals surface area contributed by atoms with E-state index in [1.54, 1.807) is 0 Å². The van der Waals surface area contributed by atoms with Gasteiger partial charge in [0, 0.05) is 55.2 Å². The van der Waals surface area contributed by atoms with Crippen molar-refractivity contribution in [2.45, 2.75) is 38.1 Å². The maximum absolute atomic E-state index is 13.6. The number of likely N-dealkylation sites (tertiary alicyclic amines) is 1. The molecule has 2 aromatic rings. The number of hydrogen-bond acceptors (Lipinski definition) is 4. The van der Waals surface area contributed by atoms with E-state index in [-0.39, 0.29) is 23.8 Å². The molecule has 7 heteroatoms. The van der Waals surface area contributed by atoms with Gasteiger partial charge in [0.15, 0.2) is 0 Å². The summed E-state index contributed by atoms with van der Waals surface area (Å²) in [5.74, 6) is -0.0157. The Bertz CT molecular complexity index is 1010.